The molecule has 0 aliphatic carbocycles. The Hall–Kier alpha value is -1.85. The van der Waals surface area contributed by atoms with Gasteiger partial charge >= 0.3 is 6.09 Å². The summed E-state index contributed by atoms with van der Waals surface area (Å²) in [6.07, 6.45) is 3.09. The first-order valence-electron chi connectivity index (χ1n) is 5.02. The fraction of sp³-hybridized carbons (Fsp3) is 0.500. The fourth-order valence-corrected chi connectivity index (χ4v) is 1.27. The molecule has 1 rings (SSSR count). The second-order valence-corrected chi connectivity index (χ2v) is 3.24. The fourth-order valence-electron chi connectivity index (χ4n) is 1.27. The summed E-state index contributed by atoms with van der Waals surface area (Å²) in [7, 11) is 1.26. The van der Waals surface area contributed by atoms with Crippen LogP contribution in [0.1, 0.15) is 13.3 Å². The van der Waals surface area contributed by atoms with E-state index in [2.05, 4.69) is 15.2 Å². The van der Waals surface area contributed by atoms with Crippen LogP contribution in [0.25, 0.3) is 0 Å². The molecule has 0 aliphatic heterocycles. The molecule has 88 valence electrons. The predicted molar refractivity (Wildman–Crippen MR) is 56.9 cm³/mol. The number of rotatable bonds is 5. The van der Waals surface area contributed by atoms with Crippen molar-refractivity contribution in [2.24, 2.45) is 0 Å². The Bertz CT molecular complexity index is 348. The molecule has 0 aliphatic rings. The number of carbonyl (C=O) groups excluding carboxylic acids is 2. The van der Waals surface area contributed by atoms with Crippen molar-refractivity contribution in [3.05, 3.63) is 18.5 Å². The van der Waals surface area contributed by atoms with E-state index < -0.39 is 12.1 Å². The van der Waals surface area contributed by atoms with Gasteiger partial charge in [-0.15, -0.1) is 0 Å². The molecule has 0 radical (unpaired) electrons. The largest absolute Gasteiger partial charge is 0.453 e. The summed E-state index contributed by atoms with van der Waals surface area (Å²) in [6.45, 7) is 2.06. The van der Waals surface area contributed by atoms with E-state index in [4.69, 9.17) is 0 Å². The Morgan fingerprint density at radius 2 is 2.31 bits per heavy atom. The van der Waals surface area contributed by atoms with E-state index in [1.54, 1.807) is 30.1 Å². The summed E-state index contributed by atoms with van der Waals surface area (Å²) in [4.78, 5) is 22.6. The standard InChI is InChI=1S/C10H15N3O3/c1-3-9(14)8(12-10(15)16-2)7-13-6-4-5-11-13/h4-6,8H,3,7H2,1-2H3,(H,12,15)/t8-/m0/s1. The highest BCUT2D eigenvalue weighted by molar-refractivity contribution is 5.87. The number of nitrogens with one attached hydrogen (secondary N) is 1. The number of nitrogens with zero attached hydrogens (tertiary/aromatic N) is 2. The highest BCUT2D eigenvalue weighted by Crippen LogP contribution is 1.97. The van der Waals surface area contributed by atoms with Crippen molar-refractivity contribution in [3.63, 3.8) is 0 Å². The first-order chi connectivity index (χ1) is 7.67. The molecule has 0 aromatic carbocycles. The lowest BCUT2D eigenvalue weighted by Crippen LogP contribution is -2.43. The normalized spacial score (nSPS) is 11.9. The molecule has 1 N–H and O–H groups in total. The molecule has 16 heavy (non-hydrogen) atoms. The van der Waals surface area contributed by atoms with Crippen molar-refractivity contribution < 1.29 is 14.3 Å². The van der Waals surface area contributed by atoms with Crippen molar-refractivity contribution in [1.82, 2.24) is 15.1 Å². The molecular formula is C10H15N3O3. The molecule has 0 unspecified atom stereocenters. The Balaban J connectivity index is 2.64. The number of methoxy groups -OCH3 is 1. The van der Waals surface area contributed by atoms with Gasteiger partial charge in [-0.05, 0) is 6.07 Å². The number of alkyl carbamates (subject to hydrolysis) is 1. The second kappa shape index (κ2) is 5.89. The average Bonchev–Trinajstić information content (AvgIpc) is 2.79. The molecule has 1 atom stereocenters. The number of ether oxygens (including phenoxy) is 1. The Kier molecular flexibility index (Phi) is 4.50. The first kappa shape index (κ1) is 12.2. The van der Waals surface area contributed by atoms with Crippen LogP contribution < -0.4 is 5.32 Å². The summed E-state index contributed by atoms with van der Waals surface area (Å²) in [5.41, 5.74) is 0. The molecule has 1 aromatic rings. The Morgan fingerprint density at radius 1 is 1.56 bits per heavy atom. The third-order valence-corrected chi connectivity index (χ3v) is 2.14. The van der Waals surface area contributed by atoms with Gasteiger partial charge in [0.25, 0.3) is 0 Å². The van der Waals surface area contributed by atoms with Gasteiger partial charge < -0.3 is 10.1 Å². The van der Waals surface area contributed by atoms with Crippen molar-refractivity contribution >= 4 is 11.9 Å². The Labute approximate surface area is 93.6 Å². The zero-order chi connectivity index (χ0) is 12.0. The summed E-state index contributed by atoms with van der Waals surface area (Å²) in [5, 5.41) is 6.46. The van der Waals surface area contributed by atoms with Crippen LogP contribution in [0, 0.1) is 0 Å². The van der Waals surface area contributed by atoms with Crippen LogP contribution in [0.5, 0.6) is 0 Å². The van der Waals surface area contributed by atoms with Crippen LogP contribution in [0.3, 0.4) is 0 Å². The van der Waals surface area contributed by atoms with E-state index in [0.717, 1.165) is 0 Å². The predicted octanol–water partition coefficient (Wildman–Crippen LogP) is 0.587. The van der Waals surface area contributed by atoms with Gasteiger partial charge in [0, 0.05) is 18.8 Å². The topological polar surface area (TPSA) is 73.2 Å². The second-order valence-electron chi connectivity index (χ2n) is 3.24. The lowest BCUT2D eigenvalue weighted by atomic mass is 10.1. The lowest BCUT2D eigenvalue weighted by molar-refractivity contribution is -0.121. The van der Waals surface area contributed by atoms with E-state index in [0.29, 0.717) is 13.0 Å². The Morgan fingerprint density at radius 3 is 2.81 bits per heavy atom. The molecule has 0 spiro atoms. The third-order valence-electron chi connectivity index (χ3n) is 2.14. The zero-order valence-corrected chi connectivity index (χ0v) is 9.34. The minimum Gasteiger partial charge on any atom is -0.453 e. The van der Waals surface area contributed by atoms with Crippen LogP contribution in [-0.2, 0) is 16.1 Å². The molecule has 6 nitrogen and oxygen atoms in total. The van der Waals surface area contributed by atoms with Gasteiger partial charge in [-0.1, -0.05) is 6.92 Å². The number of Topliss-reactive ketones (excluding diaryl/α,β-unsaturated/α-hetero) is 1. The highest BCUT2D eigenvalue weighted by Gasteiger charge is 2.19. The van der Waals surface area contributed by atoms with Crippen molar-refractivity contribution in [2.45, 2.75) is 25.9 Å². The summed E-state index contributed by atoms with van der Waals surface area (Å²) in [5.74, 6) is -0.0547. The van der Waals surface area contributed by atoms with Crippen LogP contribution in [-0.4, -0.2) is 34.8 Å². The molecule has 0 bridgehead atoms. The minimum absolute atomic E-state index is 0.0547. The number of carbonyl (C=O) groups is 2. The number of amides is 1. The van der Waals surface area contributed by atoms with E-state index >= 15 is 0 Å². The van der Waals surface area contributed by atoms with E-state index in [1.807, 2.05) is 0 Å². The van der Waals surface area contributed by atoms with Crippen LogP contribution >= 0.6 is 0 Å². The zero-order valence-electron chi connectivity index (χ0n) is 9.34. The number of hydrogen-bond acceptors (Lipinski definition) is 4. The SMILES string of the molecule is CCC(=O)[C@H](Cn1cccn1)NC(=O)OC. The van der Waals surface area contributed by atoms with Crippen molar-refractivity contribution in [2.75, 3.05) is 7.11 Å². The van der Waals surface area contributed by atoms with Gasteiger partial charge in [-0.25, -0.2) is 4.79 Å². The van der Waals surface area contributed by atoms with Gasteiger partial charge in [0.15, 0.2) is 5.78 Å². The first-order valence-corrected chi connectivity index (χ1v) is 5.02. The van der Waals surface area contributed by atoms with Gasteiger partial charge in [0.1, 0.15) is 6.04 Å². The average molecular weight is 225 g/mol. The molecule has 0 saturated heterocycles. The van der Waals surface area contributed by atoms with E-state index in [1.165, 1.54) is 7.11 Å². The van der Waals surface area contributed by atoms with E-state index in [9.17, 15) is 9.59 Å². The van der Waals surface area contributed by atoms with Crippen molar-refractivity contribution in [3.8, 4) is 0 Å². The smallest absolute Gasteiger partial charge is 0.407 e. The number of ketones is 1. The molecule has 0 fully saturated rings. The highest BCUT2D eigenvalue weighted by atomic mass is 16.5. The summed E-state index contributed by atoms with van der Waals surface area (Å²) < 4.78 is 6.05. The lowest BCUT2D eigenvalue weighted by Gasteiger charge is -2.15. The van der Waals surface area contributed by atoms with Gasteiger partial charge in [-0.2, -0.15) is 5.10 Å². The minimum atomic E-state index is -0.612. The van der Waals surface area contributed by atoms with Gasteiger partial charge in [-0.3, -0.25) is 9.48 Å². The van der Waals surface area contributed by atoms with Gasteiger partial charge in [0.05, 0.1) is 13.7 Å². The molecule has 6 heteroatoms. The van der Waals surface area contributed by atoms with Crippen LogP contribution in [0.2, 0.25) is 0 Å². The molecule has 1 heterocycles. The summed E-state index contributed by atoms with van der Waals surface area (Å²) in [6, 6.07) is 1.16. The van der Waals surface area contributed by atoms with Crippen molar-refractivity contribution in [1.29, 1.82) is 0 Å². The maximum atomic E-state index is 11.6. The number of aromatic nitrogens is 2. The van der Waals surface area contributed by atoms with Crippen LogP contribution in [0.4, 0.5) is 4.79 Å². The maximum Gasteiger partial charge on any atom is 0.407 e. The van der Waals surface area contributed by atoms with E-state index in [-0.39, 0.29) is 5.78 Å². The summed E-state index contributed by atoms with van der Waals surface area (Å²) >= 11 is 0. The van der Waals surface area contributed by atoms with Crippen LogP contribution in [0.15, 0.2) is 18.5 Å². The molecular weight excluding hydrogens is 210 g/mol. The molecule has 1 aromatic heterocycles. The molecule has 0 saturated carbocycles. The maximum absolute atomic E-state index is 11.6. The number of hydrogen-bond donors (Lipinski definition) is 1. The van der Waals surface area contributed by atoms with Gasteiger partial charge in [0.2, 0.25) is 0 Å². The monoisotopic (exact) mass is 225 g/mol. The molecule has 1 amide bonds. The third kappa shape index (κ3) is 3.38. The quantitative estimate of drug-likeness (QED) is 0.795.